The highest BCUT2D eigenvalue weighted by Gasteiger charge is 2.35. The summed E-state index contributed by atoms with van der Waals surface area (Å²) >= 11 is 0. The molecule has 0 aliphatic carbocycles. The number of carboxylic acid groups (broad SMARTS) is 1. The van der Waals surface area contributed by atoms with Gasteiger partial charge in [-0.25, -0.2) is 4.79 Å². The minimum Gasteiger partial charge on any atom is -0.480 e. The number of benzene rings is 1. The Morgan fingerprint density at radius 3 is 2.37 bits per heavy atom. The molecule has 2 unspecified atom stereocenters. The zero-order valence-corrected chi connectivity index (χ0v) is 11.6. The van der Waals surface area contributed by atoms with Gasteiger partial charge in [0.15, 0.2) is 0 Å². The van der Waals surface area contributed by atoms with Crippen LogP contribution in [0.4, 0.5) is 0 Å². The van der Waals surface area contributed by atoms with Crippen molar-refractivity contribution < 1.29 is 14.7 Å². The number of aliphatic carboxylic acids is 1. The smallest absolute Gasteiger partial charge is 0.329 e. The van der Waals surface area contributed by atoms with Crippen molar-refractivity contribution >= 4 is 11.9 Å². The van der Waals surface area contributed by atoms with Gasteiger partial charge in [-0.2, -0.15) is 0 Å². The Balaban J connectivity index is 2.81. The topological polar surface area (TPSA) is 66.4 Å². The van der Waals surface area contributed by atoms with E-state index in [4.69, 9.17) is 0 Å². The van der Waals surface area contributed by atoms with Gasteiger partial charge in [0.2, 0.25) is 5.91 Å². The molecule has 0 radical (unpaired) electrons. The first kappa shape index (κ1) is 15.2. The summed E-state index contributed by atoms with van der Waals surface area (Å²) in [6, 6.07) is 9.33. The van der Waals surface area contributed by atoms with Crippen LogP contribution >= 0.6 is 0 Å². The standard InChI is InChI=1S/C15H21NO3/c1-4-10-15(3,14(18)19)16-13(17)11(2)12-8-6-5-7-9-12/h5-9,11H,4,10H2,1-3H3,(H,16,17)(H,18,19). The Bertz CT molecular complexity index is 444. The van der Waals surface area contributed by atoms with E-state index in [0.717, 1.165) is 5.56 Å². The maximum Gasteiger partial charge on any atom is 0.329 e. The van der Waals surface area contributed by atoms with E-state index in [9.17, 15) is 14.7 Å². The van der Waals surface area contributed by atoms with Crippen LogP contribution in [0.25, 0.3) is 0 Å². The lowest BCUT2D eigenvalue weighted by Crippen LogP contribution is -2.53. The molecule has 0 aliphatic rings. The van der Waals surface area contributed by atoms with E-state index in [1.807, 2.05) is 37.3 Å². The van der Waals surface area contributed by atoms with E-state index >= 15 is 0 Å². The molecule has 2 N–H and O–H groups in total. The molecule has 104 valence electrons. The predicted octanol–water partition coefficient (Wildman–Crippen LogP) is 2.55. The zero-order valence-electron chi connectivity index (χ0n) is 11.6. The van der Waals surface area contributed by atoms with E-state index in [1.165, 1.54) is 0 Å². The molecule has 2 atom stereocenters. The van der Waals surface area contributed by atoms with Crippen LogP contribution in [-0.2, 0) is 9.59 Å². The van der Waals surface area contributed by atoms with Crippen molar-refractivity contribution in [3.05, 3.63) is 35.9 Å². The van der Waals surface area contributed by atoms with Gasteiger partial charge in [-0.05, 0) is 25.8 Å². The Morgan fingerprint density at radius 2 is 1.89 bits per heavy atom. The van der Waals surface area contributed by atoms with Gasteiger partial charge in [0.25, 0.3) is 0 Å². The van der Waals surface area contributed by atoms with Crippen molar-refractivity contribution in [3.8, 4) is 0 Å². The lowest BCUT2D eigenvalue weighted by Gasteiger charge is -2.27. The Hall–Kier alpha value is -1.84. The number of hydrogen-bond donors (Lipinski definition) is 2. The lowest BCUT2D eigenvalue weighted by molar-refractivity contribution is -0.147. The highest BCUT2D eigenvalue weighted by molar-refractivity contribution is 5.90. The van der Waals surface area contributed by atoms with E-state index in [-0.39, 0.29) is 11.8 Å². The predicted molar refractivity (Wildman–Crippen MR) is 73.9 cm³/mol. The first-order valence-corrected chi connectivity index (χ1v) is 6.51. The van der Waals surface area contributed by atoms with Crippen LogP contribution in [0.3, 0.4) is 0 Å². The SMILES string of the molecule is CCCC(C)(NC(=O)C(C)c1ccccc1)C(=O)O. The molecule has 0 saturated heterocycles. The summed E-state index contributed by atoms with van der Waals surface area (Å²) in [5.74, 6) is -1.62. The molecule has 4 nitrogen and oxygen atoms in total. The summed E-state index contributed by atoms with van der Waals surface area (Å²) in [5, 5.41) is 11.9. The fourth-order valence-corrected chi connectivity index (χ4v) is 2.00. The number of carboxylic acids is 1. The molecule has 1 amide bonds. The number of rotatable bonds is 6. The summed E-state index contributed by atoms with van der Waals surface area (Å²) in [6.07, 6.45) is 1.11. The third-order valence-electron chi connectivity index (χ3n) is 3.31. The molecule has 4 heteroatoms. The van der Waals surface area contributed by atoms with Crippen LogP contribution in [0.1, 0.15) is 45.1 Å². The summed E-state index contributed by atoms with van der Waals surface area (Å²) in [4.78, 5) is 23.5. The molecular formula is C15H21NO3. The molecule has 1 aromatic rings. The molecule has 0 saturated carbocycles. The maximum absolute atomic E-state index is 12.2. The monoisotopic (exact) mass is 263 g/mol. The van der Waals surface area contributed by atoms with Gasteiger partial charge in [0.05, 0.1) is 5.92 Å². The first-order chi connectivity index (χ1) is 8.90. The second-order valence-electron chi connectivity index (χ2n) is 5.01. The molecule has 1 rings (SSSR count). The molecule has 0 heterocycles. The van der Waals surface area contributed by atoms with Crippen LogP contribution in [0.5, 0.6) is 0 Å². The van der Waals surface area contributed by atoms with E-state index in [1.54, 1.807) is 13.8 Å². The Kier molecular flexibility index (Phi) is 5.10. The summed E-state index contributed by atoms with van der Waals surface area (Å²) in [6.45, 7) is 5.22. The average molecular weight is 263 g/mol. The molecule has 0 bridgehead atoms. The van der Waals surface area contributed by atoms with Gasteiger partial charge in [-0.1, -0.05) is 43.7 Å². The van der Waals surface area contributed by atoms with Crippen LogP contribution in [0.2, 0.25) is 0 Å². The second kappa shape index (κ2) is 6.36. The first-order valence-electron chi connectivity index (χ1n) is 6.51. The molecule has 0 aliphatic heterocycles. The highest BCUT2D eigenvalue weighted by Crippen LogP contribution is 2.18. The summed E-state index contributed by atoms with van der Waals surface area (Å²) in [5.41, 5.74) is -0.321. The van der Waals surface area contributed by atoms with Crippen molar-refractivity contribution in [2.45, 2.75) is 45.1 Å². The van der Waals surface area contributed by atoms with Crippen molar-refractivity contribution in [1.29, 1.82) is 0 Å². The Labute approximate surface area is 113 Å². The van der Waals surface area contributed by atoms with Crippen molar-refractivity contribution in [1.82, 2.24) is 5.32 Å². The van der Waals surface area contributed by atoms with Crippen LogP contribution < -0.4 is 5.32 Å². The second-order valence-corrected chi connectivity index (χ2v) is 5.01. The van der Waals surface area contributed by atoms with Crippen LogP contribution in [0, 0.1) is 0 Å². The van der Waals surface area contributed by atoms with Crippen molar-refractivity contribution in [2.75, 3.05) is 0 Å². The normalized spacial score (nSPS) is 15.3. The van der Waals surface area contributed by atoms with E-state index in [2.05, 4.69) is 5.32 Å². The van der Waals surface area contributed by atoms with Gasteiger partial charge >= 0.3 is 5.97 Å². The molecular weight excluding hydrogens is 242 g/mol. The molecule has 0 spiro atoms. The number of amides is 1. The highest BCUT2D eigenvalue weighted by atomic mass is 16.4. The van der Waals surface area contributed by atoms with Crippen molar-refractivity contribution in [2.24, 2.45) is 0 Å². The molecule has 0 aromatic heterocycles. The third-order valence-corrected chi connectivity index (χ3v) is 3.31. The maximum atomic E-state index is 12.2. The van der Waals surface area contributed by atoms with Gasteiger partial charge in [0.1, 0.15) is 5.54 Å². The van der Waals surface area contributed by atoms with Crippen LogP contribution in [0.15, 0.2) is 30.3 Å². The summed E-state index contributed by atoms with van der Waals surface area (Å²) < 4.78 is 0. The Morgan fingerprint density at radius 1 is 1.32 bits per heavy atom. The number of hydrogen-bond acceptors (Lipinski definition) is 2. The summed E-state index contributed by atoms with van der Waals surface area (Å²) in [7, 11) is 0. The zero-order chi connectivity index (χ0) is 14.5. The third kappa shape index (κ3) is 3.81. The minimum atomic E-state index is -1.20. The molecule has 19 heavy (non-hydrogen) atoms. The number of carbonyl (C=O) groups excluding carboxylic acids is 1. The van der Waals surface area contributed by atoms with E-state index in [0.29, 0.717) is 12.8 Å². The average Bonchev–Trinajstić information content (AvgIpc) is 2.38. The number of carbonyl (C=O) groups is 2. The van der Waals surface area contributed by atoms with Crippen molar-refractivity contribution in [3.63, 3.8) is 0 Å². The quantitative estimate of drug-likeness (QED) is 0.829. The largest absolute Gasteiger partial charge is 0.480 e. The van der Waals surface area contributed by atoms with Gasteiger partial charge < -0.3 is 10.4 Å². The molecule has 0 fully saturated rings. The number of nitrogens with one attached hydrogen (secondary N) is 1. The fraction of sp³-hybridized carbons (Fsp3) is 0.467. The van der Waals surface area contributed by atoms with Gasteiger partial charge in [-0.3, -0.25) is 4.79 Å². The molecule has 1 aromatic carbocycles. The van der Waals surface area contributed by atoms with Gasteiger partial charge in [-0.15, -0.1) is 0 Å². The van der Waals surface area contributed by atoms with Gasteiger partial charge in [0, 0.05) is 0 Å². The lowest BCUT2D eigenvalue weighted by atomic mass is 9.93. The minimum absolute atomic E-state index is 0.260. The van der Waals surface area contributed by atoms with Crippen LogP contribution in [-0.4, -0.2) is 22.5 Å². The van der Waals surface area contributed by atoms with E-state index < -0.39 is 11.5 Å². The fourth-order valence-electron chi connectivity index (χ4n) is 2.00.